The Labute approximate surface area is 181 Å². The van der Waals surface area contributed by atoms with Gasteiger partial charge in [-0.2, -0.15) is 0 Å². The van der Waals surface area contributed by atoms with Crippen molar-refractivity contribution in [2.75, 3.05) is 13.9 Å². The monoisotopic (exact) mass is 454 g/mol. The van der Waals surface area contributed by atoms with E-state index < -0.39 is 26.0 Å². The lowest BCUT2D eigenvalue weighted by molar-refractivity contribution is -0.0346. The lowest BCUT2D eigenvalue weighted by Gasteiger charge is -2.28. The van der Waals surface area contributed by atoms with E-state index in [9.17, 15) is 14.6 Å². The molecule has 1 aliphatic rings. The molecule has 13 heteroatoms. The van der Waals surface area contributed by atoms with E-state index in [0.29, 0.717) is 16.3 Å². The van der Waals surface area contributed by atoms with Crippen LogP contribution in [0.4, 0.5) is 4.79 Å². The Bertz CT molecular complexity index is 896. The van der Waals surface area contributed by atoms with Crippen LogP contribution in [-0.2, 0) is 20.6 Å². The van der Waals surface area contributed by atoms with Crippen LogP contribution in [0.3, 0.4) is 0 Å². The first kappa shape index (κ1) is 22.2. The fourth-order valence-electron chi connectivity index (χ4n) is 2.65. The van der Waals surface area contributed by atoms with Crippen LogP contribution in [0, 0.1) is 0 Å². The Morgan fingerprint density at radius 1 is 1.40 bits per heavy atom. The van der Waals surface area contributed by atoms with Crippen molar-refractivity contribution in [3.63, 3.8) is 0 Å². The predicted octanol–water partition coefficient (Wildman–Crippen LogP) is 2.34. The molecule has 0 aliphatic carbocycles. The molecule has 0 saturated carbocycles. The molecule has 1 aromatic carbocycles. The Morgan fingerprint density at radius 3 is 2.87 bits per heavy atom. The minimum atomic E-state index is -1.19. The number of carbonyl (C=O) groups is 2. The van der Waals surface area contributed by atoms with Gasteiger partial charge in [-0.05, 0) is 31.9 Å². The topological polar surface area (TPSA) is 126 Å². The molecule has 1 aromatic heterocycles. The second-order valence-corrected chi connectivity index (χ2v) is 8.63. The molecule has 2 aromatic rings. The van der Waals surface area contributed by atoms with Crippen molar-refractivity contribution in [3.05, 3.63) is 28.8 Å². The molecule has 0 unspecified atom stereocenters. The molecule has 2 heterocycles. The summed E-state index contributed by atoms with van der Waals surface area (Å²) in [6.45, 7) is 2.68. The van der Waals surface area contributed by atoms with Crippen LogP contribution in [0.25, 0.3) is 0 Å². The molecule has 1 atom stereocenters. The molecule has 3 rings (SSSR count). The van der Waals surface area contributed by atoms with E-state index in [2.05, 4.69) is 10.2 Å². The molecule has 0 radical (unpaired) electrons. The first-order chi connectivity index (χ1) is 14.4. The van der Waals surface area contributed by atoms with Crippen molar-refractivity contribution in [2.24, 2.45) is 0 Å². The highest BCUT2D eigenvalue weighted by molar-refractivity contribution is 8.02. The molecule has 1 N–H and O–H groups in total. The Hall–Kier alpha value is -2.51. The number of esters is 1. The first-order valence-corrected chi connectivity index (χ1v) is 10.6. The zero-order valence-corrected chi connectivity index (χ0v) is 18.0. The number of hydrogen-bond acceptors (Lipinski definition) is 12. The van der Waals surface area contributed by atoms with Crippen LogP contribution >= 0.6 is 23.1 Å². The number of nitrogens with zero attached hydrogens (tertiary/aromatic N) is 2. The van der Waals surface area contributed by atoms with Crippen molar-refractivity contribution in [2.45, 2.75) is 35.9 Å². The van der Waals surface area contributed by atoms with Gasteiger partial charge in [-0.25, -0.2) is 9.59 Å². The average Bonchev–Trinajstić information content (AvgIpc) is 3.20. The molecule has 160 valence electrons. The van der Waals surface area contributed by atoms with Gasteiger partial charge in [0.2, 0.25) is 6.79 Å². The van der Waals surface area contributed by atoms with Gasteiger partial charge < -0.3 is 28.6 Å². The molecule has 0 fully saturated rings. The molecule has 1 aliphatic heterocycles. The van der Waals surface area contributed by atoms with Crippen LogP contribution in [0.15, 0.2) is 22.0 Å². The van der Waals surface area contributed by atoms with E-state index in [1.54, 1.807) is 31.5 Å². The lowest BCUT2D eigenvalue weighted by Crippen LogP contribution is -2.40. The molecule has 0 spiro atoms. The Balaban J connectivity index is 1.74. The van der Waals surface area contributed by atoms with Gasteiger partial charge in [0.15, 0.2) is 4.34 Å². The summed E-state index contributed by atoms with van der Waals surface area (Å²) in [6, 6.07) is 3.36. The third-order valence-electron chi connectivity index (χ3n) is 3.89. The van der Waals surface area contributed by atoms with E-state index in [4.69, 9.17) is 23.6 Å². The summed E-state index contributed by atoms with van der Waals surface area (Å²) in [5.41, 5.74) is 2.29. The van der Waals surface area contributed by atoms with Gasteiger partial charge in [-0.1, -0.05) is 29.2 Å². The fourth-order valence-corrected chi connectivity index (χ4v) is 4.44. The Kier molecular flexibility index (Phi) is 7.40. The molecular formula is C17H19BN2O8S2. The van der Waals surface area contributed by atoms with Gasteiger partial charge in [0.25, 0.3) is 0 Å². The van der Waals surface area contributed by atoms with E-state index in [1.807, 2.05) is 0 Å². The molecule has 30 heavy (non-hydrogen) atoms. The summed E-state index contributed by atoms with van der Waals surface area (Å²) < 4.78 is 26.1. The zero-order chi connectivity index (χ0) is 21.7. The number of ether oxygens (including phenoxy) is 4. The summed E-state index contributed by atoms with van der Waals surface area (Å²) in [5, 5.41) is 17.9. The molecule has 0 amide bonds. The lowest BCUT2D eigenvalue weighted by atomic mass is 9.77. The normalized spacial score (nSPS) is 15.2. The third kappa shape index (κ3) is 5.35. The summed E-state index contributed by atoms with van der Waals surface area (Å²) in [5.74, 6) is -0.472. The highest BCUT2D eigenvalue weighted by Crippen LogP contribution is 2.40. The predicted molar refractivity (Wildman–Crippen MR) is 108 cm³/mol. The van der Waals surface area contributed by atoms with Gasteiger partial charge in [0, 0.05) is 0 Å². The van der Waals surface area contributed by atoms with Gasteiger partial charge in [-0.3, -0.25) is 0 Å². The highest BCUT2D eigenvalue weighted by Gasteiger charge is 2.39. The number of carbonyl (C=O) groups excluding carboxylic acids is 2. The smallest absolute Gasteiger partial charge is 0.534 e. The minimum Gasteiger partial charge on any atom is -0.534 e. The van der Waals surface area contributed by atoms with Crippen molar-refractivity contribution < 1.29 is 38.2 Å². The van der Waals surface area contributed by atoms with Gasteiger partial charge in [0.05, 0.1) is 18.4 Å². The number of fused-ring (bicyclic) bond motifs is 1. The maximum absolute atomic E-state index is 12.6. The maximum atomic E-state index is 12.6. The van der Waals surface area contributed by atoms with E-state index >= 15 is 0 Å². The number of aromatic nitrogens is 2. The number of hydrogen-bond donors (Lipinski definition) is 1. The Morgan fingerprint density at radius 2 is 2.20 bits per heavy atom. The van der Waals surface area contributed by atoms with Crippen molar-refractivity contribution >= 4 is 42.3 Å². The summed E-state index contributed by atoms with van der Waals surface area (Å²) >= 11 is 2.70. The summed E-state index contributed by atoms with van der Waals surface area (Å²) in [4.78, 5) is 24.0. The van der Waals surface area contributed by atoms with Gasteiger partial charge >= 0.3 is 19.2 Å². The van der Waals surface area contributed by atoms with Gasteiger partial charge in [0.1, 0.15) is 22.6 Å². The van der Waals surface area contributed by atoms with Crippen LogP contribution in [0.2, 0.25) is 0 Å². The average molecular weight is 454 g/mol. The number of methoxy groups -OCH3 is 1. The van der Waals surface area contributed by atoms with Crippen LogP contribution in [-0.4, -0.2) is 59.6 Å². The fraction of sp³-hybridized carbons (Fsp3) is 0.412. The standard InChI is InChI=1S/C17H19BN2O8S2/c1-9(2)27-17(22)26-8-25-15(21)13-11(24-3)5-4-10-6-12(18(23)28-14(10)13)30-16-20-19-7-29-16/h4-5,7,9,12,23H,6,8H2,1-3H3/t12-/m0/s1. The maximum Gasteiger partial charge on any atom is 0.537 e. The quantitative estimate of drug-likeness (QED) is 0.376. The summed E-state index contributed by atoms with van der Waals surface area (Å²) in [7, 11) is 0.199. The van der Waals surface area contributed by atoms with Gasteiger partial charge in [-0.15, -0.1) is 10.2 Å². The zero-order valence-electron chi connectivity index (χ0n) is 16.4. The van der Waals surface area contributed by atoms with Crippen molar-refractivity contribution in [3.8, 4) is 11.5 Å². The van der Waals surface area contributed by atoms with Crippen LogP contribution < -0.4 is 9.39 Å². The van der Waals surface area contributed by atoms with Crippen molar-refractivity contribution in [1.82, 2.24) is 10.2 Å². The van der Waals surface area contributed by atoms with E-state index in [-0.39, 0.29) is 28.3 Å². The van der Waals surface area contributed by atoms with E-state index in [1.165, 1.54) is 30.2 Å². The van der Waals surface area contributed by atoms with Crippen LogP contribution in [0.1, 0.15) is 29.8 Å². The minimum absolute atomic E-state index is 0.00533. The van der Waals surface area contributed by atoms with E-state index in [0.717, 1.165) is 0 Å². The number of rotatable bonds is 7. The number of thioether (sulfide) groups is 1. The van der Waals surface area contributed by atoms with Crippen LogP contribution in [0.5, 0.6) is 11.5 Å². The second kappa shape index (κ2) is 10.0. The highest BCUT2D eigenvalue weighted by atomic mass is 32.2. The SMILES string of the molecule is COc1ccc2c(c1C(=O)OCOC(=O)OC(C)C)OB(O)[C@@H](Sc1nncs1)C2. The number of benzene rings is 1. The first-order valence-electron chi connectivity index (χ1n) is 8.87. The molecule has 0 bridgehead atoms. The largest absolute Gasteiger partial charge is 0.537 e. The third-order valence-corrected chi connectivity index (χ3v) is 5.94. The molecule has 10 nitrogen and oxygen atoms in total. The molecular weight excluding hydrogens is 435 g/mol. The summed E-state index contributed by atoms with van der Waals surface area (Å²) in [6.07, 6.45) is -0.902. The second-order valence-electron chi connectivity index (χ2n) is 6.32. The van der Waals surface area contributed by atoms with Crippen molar-refractivity contribution in [1.29, 1.82) is 0 Å². The molecule has 0 saturated heterocycles.